The number of rotatable bonds is 6. The molecule has 1 atom stereocenters. The predicted molar refractivity (Wildman–Crippen MR) is 83.8 cm³/mol. The zero-order chi connectivity index (χ0) is 15.2. The number of halogens is 1. The van der Waals surface area contributed by atoms with Crippen molar-refractivity contribution in [1.82, 2.24) is 5.32 Å². The Balaban J connectivity index is 2.00. The number of hydrogen-bond acceptors (Lipinski definition) is 2. The molecule has 0 spiro atoms. The first-order valence-electron chi connectivity index (χ1n) is 7.17. The molecule has 0 fully saturated rings. The average molecular weight is 287 g/mol. The quantitative estimate of drug-likeness (QED) is 0.869. The van der Waals surface area contributed by atoms with Crippen LogP contribution in [0.1, 0.15) is 28.3 Å². The molecule has 2 aromatic rings. The van der Waals surface area contributed by atoms with Gasteiger partial charge in [0.1, 0.15) is 5.82 Å². The summed E-state index contributed by atoms with van der Waals surface area (Å²) in [5, 5.41) is 3.27. The molecule has 21 heavy (non-hydrogen) atoms. The number of nitrogens with one attached hydrogen (secondary N) is 1. The Morgan fingerprint density at radius 3 is 2.62 bits per heavy atom. The zero-order valence-corrected chi connectivity index (χ0v) is 12.8. The van der Waals surface area contributed by atoms with Gasteiger partial charge in [-0.1, -0.05) is 42.0 Å². The fraction of sp³-hybridized carbons (Fsp3) is 0.333. The third-order valence-electron chi connectivity index (χ3n) is 3.66. The van der Waals surface area contributed by atoms with E-state index in [2.05, 4.69) is 37.4 Å². The molecule has 0 bridgehead atoms. The van der Waals surface area contributed by atoms with Gasteiger partial charge in [0, 0.05) is 5.56 Å². The molecule has 1 N–H and O–H groups in total. The van der Waals surface area contributed by atoms with Gasteiger partial charge in [-0.05, 0) is 38.1 Å². The van der Waals surface area contributed by atoms with Crippen LogP contribution in [0, 0.1) is 19.7 Å². The van der Waals surface area contributed by atoms with E-state index in [1.807, 2.05) is 13.1 Å². The van der Waals surface area contributed by atoms with E-state index in [9.17, 15) is 4.39 Å². The maximum Gasteiger partial charge on any atom is 0.128 e. The Bertz CT molecular complexity index is 598. The Kier molecular flexibility index (Phi) is 5.48. The van der Waals surface area contributed by atoms with Crippen molar-refractivity contribution in [3.05, 3.63) is 70.5 Å². The van der Waals surface area contributed by atoms with Crippen molar-refractivity contribution in [1.29, 1.82) is 0 Å². The summed E-state index contributed by atoms with van der Waals surface area (Å²) in [6.45, 7) is 4.97. The number of benzene rings is 2. The monoisotopic (exact) mass is 287 g/mol. The second-order valence-corrected chi connectivity index (χ2v) is 5.31. The van der Waals surface area contributed by atoms with Gasteiger partial charge in [-0.3, -0.25) is 0 Å². The SMILES string of the molecule is CNC(COCc1ccccc1F)c1cc(C)ccc1C. The van der Waals surface area contributed by atoms with Crippen molar-refractivity contribution in [3.63, 3.8) is 0 Å². The summed E-state index contributed by atoms with van der Waals surface area (Å²) in [4.78, 5) is 0. The summed E-state index contributed by atoms with van der Waals surface area (Å²) >= 11 is 0. The lowest BCUT2D eigenvalue weighted by Gasteiger charge is -2.19. The summed E-state index contributed by atoms with van der Waals surface area (Å²) in [6.07, 6.45) is 0. The lowest BCUT2D eigenvalue weighted by molar-refractivity contribution is 0.0984. The van der Waals surface area contributed by atoms with Gasteiger partial charge in [0.2, 0.25) is 0 Å². The van der Waals surface area contributed by atoms with Crippen molar-refractivity contribution < 1.29 is 9.13 Å². The van der Waals surface area contributed by atoms with E-state index in [0.717, 1.165) is 0 Å². The third-order valence-corrected chi connectivity index (χ3v) is 3.66. The van der Waals surface area contributed by atoms with E-state index >= 15 is 0 Å². The summed E-state index contributed by atoms with van der Waals surface area (Å²) in [5.74, 6) is -0.217. The minimum absolute atomic E-state index is 0.108. The smallest absolute Gasteiger partial charge is 0.128 e. The van der Waals surface area contributed by atoms with Crippen LogP contribution >= 0.6 is 0 Å². The minimum atomic E-state index is -0.217. The summed E-state index contributed by atoms with van der Waals surface area (Å²) in [6, 6.07) is 13.2. The number of likely N-dealkylation sites (N-methyl/N-ethyl adjacent to an activating group) is 1. The standard InChI is InChI=1S/C18H22FNO/c1-13-8-9-14(2)16(10-13)18(20-3)12-21-11-15-6-4-5-7-17(15)19/h4-10,18,20H,11-12H2,1-3H3. The molecular formula is C18H22FNO. The molecule has 1 unspecified atom stereocenters. The fourth-order valence-corrected chi connectivity index (χ4v) is 2.37. The van der Waals surface area contributed by atoms with Crippen LogP contribution in [0.3, 0.4) is 0 Å². The summed E-state index contributed by atoms with van der Waals surface area (Å²) < 4.78 is 19.2. The predicted octanol–water partition coefficient (Wildman–Crippen LogP) is 3.92. The zero-order valence-electron chi connectivity index (χ0n) is 12.8. The van der Waals surface area contributed by atoms with Crippen LogP contribution in [-0.2, 0) is 11.3 Å². The Labute approximate surface area is 126 Å². The second kappa shape index (κ2) is 7.34. The minimum Gasteiger partial charge on any atom is -0.375 e. The van der Waals surface area contributed by atoms with Crippen LogP contribution in [0.5, 0.6) is 0 Å². The van der Waals surface area contributed by atoms with Gasteiger partial charge in [-0.25, -0.2) is 4.39 Å². The van der Waals surface area contributed by atoms with Gasteiger partial charge < -0.3 is 10.1 Å². The molecule has 0 saturated carbocycles. The van der Waals surface area contributed by atoms with Crippen molar-refractivity contribution in [2.75, 3.05) is 13.7 Å². The molecule has 2 rings (SSSR count). The molecule has 3 heteroatoms. The fourth-order valence-electron chi connectivity index (χ4n) is 2.37. The largest absolute Gasteiger partial charge is 0.375 e. The molecule has 0 aliphatic rings. The maximum atomic E-state index is 13.5. The molecule has 0 amide bonds. The van der Waals surface area contributed by atoms with Crippen LogP contribution in [0.15, 0.2) is 42.5 Å². The van der Waals surface area contributed by atoms with Gasteiger partial charge in [0.25, 0.3) is 0 Å². The van der Waals surface area contributed by atoms with Crippen molar-refractivity contribution in [3.8, 4) is 0 Å². The van der Waals surface area contributed by atoms with Gasteiger partial charge in [0.05, 0.1) is 19.3 Å². The van der Waals surface area contributed by atoms with Crippen LogP contribution in [0.2, 0.25) is 0 Å². The topological polar surface area (TPSA) is 21.3 Å². The van der Waals surface area contributed by atoms with E-state index in [4.69, 9.17) is 4.74 Å². The first-order chi connectivity index (χ1) is 10.1. The Morgan fingerprint density at radius 1 is 1.14 bits per heavy atom. The van der Waals surface area contributed by atoms with Crippen LogP contribution in [0.25, 0.3) is 0 Å². The number of aryl methyl sites for hydroxylation is 2. The normalized spacial score (nSPS) is 12.4. The third kappa shape index (κ3) is 4.13. The van der Waals surface area contributed by atoms with Crippen molar-refractivity contribution >= 4 is 0 Å². The summed E-state index contributed by atoms with van der Waals surface area (Å²) in [7, 11) is 1.92. The number of hydrogen-bond donors (Lipinski definition) is 1. The van der Waals surface area contributed by atoms with E-state index < -0.39 is 0 Å². The summed E-state index contributed by atoms with van der Waals surface area (Å²) in [5.41, 5.74) is 4.28. The number of ether oxygens (including phenoxy) is 1. The van der Waals surface area contributed by atoms with E-state index in [1.165, 1.54) is 22.8 Å². The highest BCUT2D eigenvalue weighted by atomic mass is 19.1. The van der Waals surface area contributed by atoms with E-state index in [-0.39, 0.29) is 18.5 Å². The molecule has 0 aromatic heterocycles. The van der Waals surface area contributed by atoms with Gasteiger partial charge >= 0.3 is 0 Å². The highest BCUT2D eigenvalue weighted by Gasteiger charge is 2.12. The van der Waals surface area contributed by atoms with Crippen LogP contribution in [-0.4, -0.2) is 13.7 Å². The average Bonchev–Trinajstić information content (AvgIpc) is 2.48. The molecule has 0 aliphatic heterocycles. The Morgan fingerprint density at radius 2 is 1.90 bits per heavy atom. The van der Waals surface area contributed by atoms with E-state index in [1.54, 1.807) is 12.1 Å². The highest BCUT2D eigenvalue weighted by Crippen LogP contribution is 2.20. The first-order valence-corrected chi connectivity index (χ1v) is 7.17. The van der Waals surface area contributed by atoms with Crippen molar-refractivity contribution in [2.45, 2.75) is 26.5 Å². The van der Waals surface area contributed by atoms with Crippen LogP contribution in [0.4, 0.5) is 4.39 Å². The van der Waals surface area contributed by atoms with Gasteiger partial charge in [-0.2, -0.15) is 0 Å². The molecular weight excluding hydrogens is 265 g/mol. The van der Waals surface area contributed by atoms with Gasteiger partial charge in [-0.15, -0.1) is 0 Å². The molecule has 2 nitrogen and oxygen atoms in total. The lowest BCUT2D eigenvalue weighted by Crippen LogP contribution is -2.22. The molecule has 2 aromatic carbocycles. The van der Waals surface area contributed by atoms with E-state index in [0.29, 0.717) is 12.2 Å². The first kappa shape index (κ1) is 15.7. The molecule has 0 aliphatic carbocycles. The second-order valence-electron chi connectivity index (χ2n) is 5.31. The molecule has 0 saturated heterocycles. The lowest BCUT2D eigenvalue weighted by atomic mass is 9.99. The highest BCUT2D eigenvalue weighted by molar-refractivity contribution is 5.33. The van der Waals surface area contributed by atoms with Crippen molar-refractivity contribution in [2.24, 2.45) is 0 Å². The molecule has 112 valence electrons. The van der Waals surface area contributed by atoms with Crippen LogP contribution < -0.4 is 5.32 Å². The van der Waals surface area contributed by atoms with Gasteiger partial charge in [0.15, 0.2) is 0 Å². The maximum absolute atomic E-state index is 13.5. The molecule has 0 heterocycles. The molecule has 0 radical (unpaired) electrons. The Hall–Kier alpha value is -1.71.